The van der Waals surface area contributed by atoms with Crippen molar-refractivity contribution in [2.24, 2.45) is 17.8 Å². The number of aromatic hydroxyl groups is 1. The lowest BCUT2D eigenvalue weighted by Crippen LogP contribution is -2.39. The van der Waals surface area contributed by atoms with Gasteiger partial charge < -0.3 is 5.11 Å². The number of allylic oxidation sites excluding steroid dienone is 6. The maximum atomic E-state index is 13.9. The van der Waals surface area contributed by atoms with Crippen molar-refractivity contribution in [3.8, 4) is 5.75 Å². The number of amides is 2. The van der Waals surface area contributed by atoms with Gasteiger partial charge in [-0.1, -0.05) is 42.8 Å². The van der Waals surface area contributed by atoms with Crippen LogP contribution in [0.1, 0.15) is 49.3 Å². The molecule has 2 aromatic carbocycles. The summed E-state index contributed by atoms with van der Waals surface area (Å²) in [7, 11) is 0. The first-order chi connectivity index (χ1) is 18.2. The fourth-order valence-electron chi connectivity index (χ4n) is 6.75. The molecule has 2 amide bonds. The molecule has 0 spiro atoms. The Bertz CT molecular complexity index is 1520. The van der Waals surface area contributed by atoms with Crippen LogP contribution in [0, 0.1) is 24.7 Å². The first-order valence-electron chi connectivity index (χ1n) is 13.2. The smallest absolute Gasteiger partial charge is 0.238 e. The van der Waals surface area contributed by atoms with Gasteiger partial charge in [-0.2, -0.15) is 0 Å². The Morgan fingerprint density at radius 1 is 0.947 bits per heavy atom. The van der Waals surface area contributed by atoms with Gasteiger partial charge in [-0.15, -0.1) is 0 Å². The Morgan fingerprint density at radius 3 is 2.37 bits per heavy atom. The molecule has 0 aromatic heterocycles. The van der Waals surface area contributed by atoms with E-state index >= 15 is 0 Å². The van der Waals surface area contributed by atoms with E-state index in [1.165, 1.54) is 11.0 Å². The summed E-state index contributed by atoms with van der Waals surface area (Å²) in [4.78, 5) is 55.5. The van der Waals surface area contributed by atoms with Crippen LogP contribution in [0.15, 0.2) is 76.9 Å². The number of hydrogen-bond donors (Lipinski definition) is 1. The average Bonchev–Trinajstić information content (AvgIpc) is 3.17. The fourth-order valence-corrected chi connectivity index (χ4v) is 6.75. The number of carbonyl (C=O) groups is 4. The first-order valence-corrected chi connectivity index (χ1v) is 13.2. The number of aryl methyl sites for hydroxylation is 2. The van der Waals surface area contributed by atoms with Crippen LogP contribution < -0.4 is 4.90 Å². The minimum Gasteiger partial charge on any atom is -0.508 e. The lowest BCUT2D eigenvalue weighted by molar-refractivity contribution is -0.123. The van der Waals surface area contributed by atoms with Crippen LogP contribution in [-0.2, 0) is 25.6 Å². The highest BCUT2D eigenvalue weighted by molar-refractivity contribution is 6.25. The summed E-state index contributed by atoms with van der Waals surface area (Å²) in [6, 6.07) is 12.7. The first kappa shape index (κ1) is 24.3. The molecule has 6 nitrogen and oxygen atoms in total. The van der Waals surface area contributed by atoms with Crippen molar-refractivity contribution >= 4 is 29.1 Å². The second-order valence-corrected chi connectivity index (χ2v) is 10.8. The van der Waals surface area contributed by atoms with Gasteiger partial charge in [0.25, 0.3) is 0 Å². The number of hydrogen-bond acceptors (Lipinski definition) is 5. The highest BCUT2D eigenvalue weighted by Crippen LogP contribution is 2.55. The summed E-state index contributed by atoms with van der Waals surface area (Å²) in [6.45, 7) is 5.48. The third-order valence-electron chi connectivity index (χ3n) is 8.72. The minimum atomic E-state index is -0.600. The van der Waals surface area contributed by atoms with Crippen LogP contribution >= 0.6 is 0 Å². The van der Waals surface area contributed by atoms with E-state index in [4.69, 9.17) is 0 Å². The van der Waals surface area contributed by atoms with Gasteiger partial charge in [-0.3, -0.25) is 24.1 Å². The predicted molar refractivity (Wildman–Crippen MR) is 142 cm³/mol. The van der Waals surface area contributed by atoms with Crippen molar-refractivity contribution in [1.82, 2.24) is 0 Å². The zero-order valence-electron chi connectivity index (χ0n) is 21.7. The highest BCUT2D eigenvalue weighted by Gasteiger charge is 2.56. The second kappa shape index (κ2) is 8.76. The lowest BCUT2D eigenvalue weighted by atomic mass is 9.59. The second-order valence-electron chi connectivity index (χ2n) is 10.8. The third-order valence-corrected chi connectivity index (χ3v) is 8.72. The van der Waals surface area contributed by atoms with Crippen molar-refractivity contribution in [2.75, 3.05) is 4.90 Å². The monoisotopic (exact) mass is 507 g/mol. The Hall–Kier alpha value is -4.06. The Kier molecular flexibility index (Phi) is 5.60. The van der Waals surface area contributed by atoms with E-state index in [-0.39, 0.29) is 41.5 Å². The molecule has 0 saturated carbocycles. The SMILES string of the molecule is CCc1ccc(N2C(=O)[C@H]3[C@H](CC=C4[C@H](c5ccc(O)c(C)c5)C5=C(C[C@H]43)C(=O)C(C)=CC5=O)C2=O)cc1. The van der Waals surface area contributed by atoms with E-state index in [9.17, 15) is 24.3 Å². The predicted octanol–water partition coefficient (Wildman–Crippen LogP) is 4.90. The van der Waals surface area contributed by atoms with Crippen molar-refractivity contribution in [1.29, 1.82) is 0 Å². The minimum absolute atomic E-state index is 0.149. The molecule has 0 unspecified atom stereocenters. The molecule has 4 atom stereocenters. The molecule has 1 heterocycles. The molecule has 0 bridgehead atoms. The van der Waals surface area contributed by atoms with Gasteiger partial charge in [0.2, 0.25) is 11.8 Å². The van der Waals surface area contributed by atoms with Crippen LogP contribution in [0.2, 0.25) is 0 Å². The molecular formula is C32H29NO5. The number of rotatable bonds is 3. The molecular weight excluding hydrogens is 478 g/mol. The number of imide groups is 1. The number of Topliss-reactive ketones (excluding diaryl/α,β-unsaturated/α-hetero) is 1. The van der Waals surface area contributed by atoms with E-state index in [0.717, 1.165) is 23.1 Å². The normalized spacial score (nSPS) is 26.7. The van der Waals surface area contributed by atoms with Gasteiger partial charge in [0, 0.05) is 22.6 Å². The molecule has 4 aliphatic rings. The quantitative estimate of drug-likeness (QED) is 0.363. The van der Waals surface area contributed by atoms with Crippen molar-refractivity contribution in [3.63, 3.8) is 0 Å². The molecule has 2 aromatic rings. The molecule has 6 heteroatoms. The molecule has 1 fully saturated rings. The van der Waals surface area contributed by atoms with E-state index < -0.39 is 17.8 Å². The molecule has 192 valence electrons. The van der Waals surface area contributed by atoms with Gasteiger partial charge in [0.05, 0.1) is 17.5 Å². The van der Waals surface area contributed by atoms with Crippen LogP contribution in [0.5, 0.6) is 5.75 Å². The molecule has 6 rings (SSSR count). The van der Waals surface area contributed by atoms with Crippen LogP contribution in [-0.4, -0.2) is 28.5 Å². The van der Waals surface area contributed by atoms with Gasteiger partial charge in [0.15, 0.2) is 11.6 Å². The summed E-state index contributed by atoms with van der Waals surface area (Å²) in [5, 5.41) is 10.1. The Labute approximate surface area is 221 Å². The van der Waals surface area contributed by atoms with Gasteiger partial charge >= 0.3 is 0 Å². The van der Waals surface area contributed by atoms with Crippen molar-refractivity contribution < 1.29 is 24.3 Å². The molecule has 3 aliphatic carbocycles. The molecule has 1 saturated heterocycles. The number of benzene rings is 2. The highest BCUT2D eigenvalue weighted by atomic mass is 16.3. The summed E-state index contributed by atoms with van der Waals surface area (Å²) >= 11 is 0. The molecule has 1 aliphatic heterocycles. The Morgan fingerprint density at radius 2 is 1.68 bits per heavy atom. The summed E-state index contributed by atoms with van der Waals surface area (Å²) < 4.78 is 0. The number of phenols is 1. The molecule has 0 radical (unpaired) electrons. The van der Waals surface area contributed by atoms with E-state index in [2.05, 4.69) is 6.92 Å². The summed E-state index contributed by atoms with van der Waals surface area (Å²) in [5.74, 6) is -2.65. The lowest BCUT2D eigenvalue weighted by Gasteiger charge is -2.42. The number of phenolic OH excluding ortho intramolecular Hbond substituents is 1. The summed E-state index contributed by atoms with van der Waals surface area (Å²) in [5.41, 5.74) is 5.34. The average molecular weight is 508 g/mol. The molecule has 38 heavy (non-hydrogen) atoms. The number of ketones is 2. The zero-order chi connectivity index (χ0) is 26.9. The van der Waals surface area contributed by atoms with Gasteiger partial charge in [0.1, 0.15) is 5.75 Å². The number of nitrogens with zero attached hydrogens (tertiary/aromatic N) is 1. The Balaban J connectivity index is 1.47. The fraction of sp³-hybridized carbons (Fsp3) is 0.312. The largest absolute Gasteiger partial charge is 0.508 e. The van der Waals surface area contributed by atoms with Crippen molar-refractivity contribution in [2.45, 2.75) is 46.0 Å². The summed E-state index contributed by atoms with van der Waals surface area (Å²) in [6.07, 6.45) is 4.93. The molecule has 1 N–H and O–H groups in total. The zero-order valence-corrected chi connectivity index (χ0v) is 21.7. The topological polar surface area (TPSA) is 91.8 Å². The van der Waals surface area contributed by atoms with E-state index in [0.29, 0.717) is 34.4 Å². The van der Waals surface area contributed by atoms with Crippen molar-refractivity contribution in [3.05, 3.63) is 93.6 Å². The van der Waals surface area contributed by atoms with E-state index in [1.54, 1.807) is 26.0 Å². The van der Waals surface area contributed by atoms with Crippen LogP contribution in [0.4, 0.5) is 5.69 Å². The maximum Gasteiger partial charge on any atom is 0.238 e. The van der Waals surface area contributed by atoms with E-state index in [1.807, 2.05) is 36.4 Å². The maximum absolute atomic E-state index is 13.9. The third kappa shape index (κ3) is 3.46. The number of anilines is 1. The van der Waals surface area contributed by atoms with Crippen LogP contribution in [0.3, 0.4) is 0 Å². The number of fused-ring (bicyclic) bond motifs is 3. The standard InChI is InChI=1S/C32H29NO5/c1-4-18-5-8-20(9-6-18)33-31(37)22-11-10-21-23(28(22)32(33)38)15-24-29(26(35)14-17(3)30(24)36)27(21)19-7-12-25(34)16(2)13-19/h5-10,12-14,22-23,27-28,34H,4,11,15H2,1-3H3/t22-,23+,27-,28-/m0/s1. The van der Waals surface area contributed by atoms with Gasteiger partial charge in [-0.05, 0) is 80.0 Å². The number of carbonyl (C=O) groups excluding carboxylic acids is 4. The van der Waals surface area contributed by atoms with Crippen LogP contribution in [0.25, 0.3) is 0 Å². The van der Waals surface area contributed by atoms with Gasteiger partial charge in [-0.25, -0.2) is 0 Å².